The Balaban J connectivity index is 1.73. The molecule has 1 saturated heterocycles. The van der Waals surface area contributed by atoms with Crippen molar-refractivity contribution < 1.29 is 9.47 Å². The molecule has 0 aromatic heterocycles. The van der Waals surface area contributed by atoms with Crippen molar-refractivity contribution in [3.63, 3.8) is 0 Å². The van der Waals surface area contributed by atoms with Gasteiger partial charge >= 0.3 is 0 Å². The lowest BCUT2D eigenvalue weighted by Crippen LogP contribution is -2.47. The smallest absolute Gasteiger partial charge is 0.119 e. The molecule has 3 unspecified atom stereocenters. The summed E-state index contributed by atoms with van der Waals surface area (Å²) in [5.41, 5.74) is 9.17. The minimum Gasteiger partial charge on any atom is -0.497 e. The molecule has 116 valence electrons. The predicted octanol–water partition coefficient (Wildman–Crippen LogP) is 1.98. The van der Waals surface area contributed by atoms with Gasteiger partial charge < -0.3 is 15.2 Å². The molecule has 1 heterocycles. The van der Waals surface area contributed by atoms with E-state index in [1.165, 1.54) is 24.0 Å². The second-order valence-corrected chi connectivity index (χ2v) is 6.32. The molecule has 1 aliphatic heterocycles. The molecule has 1 aliphatic carbocycles. The van der Waals surface area contributed by atoms with Crippen molar-refractivity contribution in [2.45, 2.75) is 31.3 Å². The molecule has 1 aromatic rings. The normalized spacial score (nSPS) is 29.4. The molecule has 4 heteroatoms. The largest absolute Gasteiger partial charge is 0.497 e. The third-order valence-electron chi connectivity index (χ3n) is 4.98. The van der Waals surface area contributed by atoms with Gasteiger partial charge in [-0.1, -0.05) is 6.07 Å². The summed E-state index contributed by atoms with van der Waals surface area (Å²) < 4.78 is 10.7. The molecule has 21 heavy (non-hydrogen) atoms. The molecule has 0 saturated carbocycles. The molecule has 2 aliphatic rings. The number of hydrogen-bond donors (Lipinski definition) is 1. The van der Waals surface area contributed by atoms with Crippen LogP contribution in [0, 0.1) is 5.92 Å². The van der Waals surface area contributed by atoms with Crippen LogP contribution in [0.3, 0.4) is 0 Å². The number of ether oxygens (including phenoxy) is 2. The minimum absolute atomic E-state index is 0.0939. The average Bonchev–Trinajstić information content (AvgIpc) is 2.84. The van der Waals surface area contributed by atoms with Gasteiger partial charge in [0, 0.05) is 25.7 Å². The maximum absolute atomic E-state index is 6.54. The van der Waals surface area contributed by atoms with E-state index in [0.29, 0.717) is 12.0 Å². The lowest BCUT2D eigenvalue weighted by atomic mass is 9.96. The topological polar surface area (TPSA) is 47.7 Å². The Labute approximate surface area is 127 Å². The zero-order valence-electron chi connectivity index (χ0n) is 13.0. The first kappa shape index (κ1) is 14.8. The number of methoxy groups -OCH3 is 2. The lowest BCUT2D eigenvalue weighted by Gasteiger charge is -2.38. The maximum Gasteiger partial charge on any atom is 0.119 e. The molecule has 4 nitrogen and oxygen atoms in total. The fraction of sp³-hybridized carbons (Fsp3) is 0.647. The first-order valence-corrected chi connectivity index (χ1v) is 7.88. The number of fused-ring (bicyclic) bond motifs is 1. The van der Waals surface area contributed by atoms with Gasteiger partial charge in [0.15, 0.2) is 0 Å². The Kier molecular flexibility index (Phi) is 4.48. The molecule has 1 aromatic carbocycles. The highest BCUT2D eigenvalue weighted by Crippen LogP contribution is 2.36. The Hall–Kier alpha value is -1.10. The lowest BCUT2D eigenvalue weighted by molar-refractivity contribution is 0.0638. The van der Waals surface area contributed by atoms with E-state index in [1.54, 1.807) is 14.2 Å². The molecule has 3 atom stereocenters. The van der Waals surface area contributed by atoms with E-state index < -0.39 is 0 Å². The third kappa shape index (κ3) is 2.93. The van der Waals surface area contributed by atoms with E-state index in [0.717, 1.165) is 31.9 Å². The first-order chi connectivity index (χ1) is 10.2. The van der Waals surface area contributed by atoms with Crippen molar-refractivity contribution >= 4 is 0 Å². The molecule has 0 amide bonds. The SMILES string of the molecule is COCC1CCCN(C2Cc3ccc(OC)cc3C2N)C1. The van der Waals surface area contributed by atoms with Crippen LogP contribution in [0.4, 0.5) is 0 Å². The zero-order chi connectivity index (χ0) is 14.8. The van der Waals surface area contributed by atoms with Crippen LogP contribution < -0.4 is 10.5 Å². The van der Waals surface area contributed by atoms with E-state index in [9.17, 15) is 0 Å². The Morgan fingerprint density at radius 3 is 2.95 bits per heavy atom. The molecule has 0 bridgehead atoms. The van der Waals surface area contributed by atoms with E-state index >= 15 is 0 Å². The number of rotatable bonds is 4. The molecule has 1 fully saturated rings. The Morgan fingerprint density at radius 2 is 2.19 bits per heavy atom. The second-order valence-electron chi connectivity index (χ2n) is 6.32. The van der Waals surface area contributed by atoms with Crippen molar-refractivity contribution in [1.82, 2.24) is 4.90 Å². The van der Waals surface area contributed by atoms with Gasteiger partial charge in [-0.05, 0) is 55.0 Å². The summed E-state index contributed by atoms with van der Waals surface area (Å²) >= 11 is 0. The summed E-state index contributed by atoms with van der Waals surface area (Å²) in [5, 5.41) is 0. The molecule has 3 rings (SSSR count). The first-order valence-electron chi connectivity index (χ1n) is 7.88. The number of nitrogens with zero attached hydrogens (tertiary/aromatic N) is 1. The second kappa shape index (κ2) is 6.34. The van der Waals surface area contributed by atoms with Crippen molar-refractivity contribution in [3.8, 4) is 5.75 Å². The molecular weight excluding hydrogens is 264 g/mol. The van der Waals surface area contributed by atoms with Gasteiger partial charge in [-0.3, -0.25) is 4.90 Å². The minimum atomic E-state index is 0.0939. The Morgan fingerprint density at radius 1 is 1.33 bits per heavy atom. The van der Waals surface area contributed by atoms with Gasteiger partial charge in [-0.25, -0.2) is 0 Å². The van der Waals surface area contributed by atoms with Crippen LogP contribution in [0.1, 0.15) is 30.0 Å². The summed E-state index contributed by atoms with van der Waals surface area (Å²) in [4.78, 5) is 2.57. The number of nitrogens with two attached hydrogens (primary N) is 1. The summed E-state index contributed by atoms with van der Waals surface area (Å²) in [6.45, 7) is 3.13. The van der Waals surface area contributed by atoms with Crippen LogP contribution in [0.2, 0.25) is 0 Å². The molecule has 0 spiro atoms. The van der Waals surface area contributed by atoms with Gasteiger partial charge in [-0.15, -0.1) is 0 Å². The number of benzene rings is 1. The van der Waals surface area contributed by atoms with Crippen molar-refractivity contribution in [2.75, 3.05) is 33.9 Å². The predicted molar refractivity (Wildman–Crippen MR) is 83.6 cm³/mol. The van der Waals surface area contributed by atoms with Gasteiger partial charge in [-0.2, -0.15) is 0 Å². The van der Waals surface area contributed by atoms with Crippen molar-refractivity contribution in [1.29, 1.82) is 0 Å². The Bertz CT molecular complexity index is 490. The zero-order valence-corrected chi connectivity index (χ0v) is 13.0. The summed E-state index contributed by atoms with van der Waals surface area (Å²) in [6, 6.07) is 6.84. The number of likely N-dealkylation sites (tertiary alicyclic amines) is 1. The highest BCUT2D eigenvalue weighted by molar-refractivity contribution is 5.42. The van der Waals surface area contributed by atoms with E-state index in [1.807, 2.05) is 6.07 Å². The quantitative estimate of drug-likeness (QED) is 0.921. The highest BCUT2D eigenvalue weighted by atomic mass is 16.5. The van der Waals surface area contributed by atoms with Crippen LogP contribution in [0.25, 0.3) is 0 Å². The van der Waals surface area contributed by atoms with Crippen molar-refractivity contribution in [2.24, 2.45) is 11.7 Å². The van der Waals surface area contributed by atoms with Gasteiger partial charge in [0.05, 0.1) is 13.7 Å². The standard InChI is InChI=1S/C17H26N2O2/c1-20-11-12-4-3-7-19(10-12)16-8-13-5-6-14(21-2)9-15(13)17(16)18/h5-6,9,12,16-17H,3-4,7-8,10-11,18H2,1-2H3. The average molecular weight is 290 g/mol. The fourth-order valence-electron chi connectivity index (χ4n) is 3.88. The fourth-order valence-corrected chi connectivity index (χ4v) is 3.88. The monoisotopic (exact) mass is 290 g/mol. The van der Waals surface area contributed by atoms with Crippen LogP contribution in [0.5, 0.6) is 5.75 Å². The van der Waals surface area contributed by atoms with Crippen LogP contribution in [-0.2, 0) is 11.2 Å². The van der Waals surface area contributed by atoms with Crippen LogP contribution >= 0.6 is 0 Å². The van der Waals surface area contributed by atoms with Crippen LogP contribution in [-0.4, -0.2) is 44.9 Å². The van der Waals surface area contributed by atoms with Gasteiger partial charge in [0.1, 0.15) is 5.75 Å². The van der Waals surface area contributed by atoms with E-state index in [2.05, 4.69) is 17.0 Å². The molecule has 2 N–H and O–H groups in total. The van der Waals surface area contributed by atoms with E-state index in [4.69, 9.17) is 15.2 Å². The third-order valence-corrected chi connectivity index (χ3v) is 4.98. The highest BCUT2D eigenvalue weighted by Gasteiger charge is 2.36. The summed E-state index contributed by atoms with van der Waals surface area (Å²) in [5.74, 6) is 1.55. The maximum atomic E-state index is 6.54. The van der Waals surface area contributed by atoms with Gasteiger partial charge in [0.2, 0.25) is 0 Å². The summed E-state index contributed by atoms with van der Waals surface area (Å²) in [6.07, 6.45) is 3.57. The number of hydrogen-bond acceptors (Lipinski definition) is 4. The van der Waals surface area contributed by atoms with E-state index in [-0.39, 0.29) is 6.04 Å². The van der Waals surface area contributed by atoms with Gasteiger partial charge in [0.25, 0.3) is 0 Å². The van der Waals surface area contributed by atoms with Crippen LogP contribution in [0.15, 0.2) is 18.2 Å². The van der Waals surface area contributed by atoms with Crippen molar-refractivity contribution in [3.05, 3.63) is 29.3 Å². The summed E-state index contributed by atoms with van der Waals surface area (Å²) in [7, 11) is 3.50. The molecular formula is C17H26N2O2. The number of piperidine rings is 1. The molecule has 0 radical (unpaired) electrons.